The molecule has 0 heterocycles. The maximum Gasteiger partial charge on any atom is 0.326 e. The fraction of sp³-hybridized carbons (Fsp3) is 0.100. The molecular formula is C30H21Cl4NO4. The molecule has 1 amide bonds. The van der Waals surface area contributed by atoms with Gasteiger partial charge in [-0.05, 0) is 53.6 Å². The second kappa shape index (κ2) is 12.7. The van der Waals surface area contributed by atoms with E-state index in [2.05, 4.69) is 0 Å². The zero-order valence-corrected chi connectivity index (χ0v) is 23.3. The summed E-state index contributed by atoms with van der Waals surface area (Å²) in [5.41, 5.74) is 1.99. The number of amides is 1. The average Bonchev–Trinajstić information content (AvgIpc) is 2.90. The van der Waals surface area contributed by atoms with Crippen molar-refractivity contribution in [1.82, 2.24) is 4.90 Å². The highest BCUT2D eigenvalue weighted by Gasteiger charge is 2.32. The largest absolute Gasteiger partial charge is 0.480 e. The summed E-state index contributed by atoms with van der Waals surface area (Å²) in [5, 5.41) is 11.3. The van der Waals surface area contributed by atoms with Crippen molar-refractivity contribution in [3.63, 3.8) is 0 Å². The molecule has 0 radical (unpaired) electrons. The molecule has 1 unspecified atom stereocenters. The molecule has 4 aromatic rings. The van der Waals surface area contributed by atoms with Crippen LogP contribution in [0.2, 0.25) is 20.1 Å². The Bertz CT molecular complexity index is 1540. The van der Waals surface area contributed by atoms with E-state index >= 15 is 0 Å². The van der Waals surface area contributed by atoms with Crippen LogP contribution in [0.3, 0.4) is 0 Å². The molecule has 0 fully saturated rings. The molecule has 0 saturated carbocycles. The van der Waals surface area contributed by atoms with E-state index in [1.54, 1.807) is 60.7 Å². The van der Waals surface area contributed by atoms with Crippen LogP contribution in [0, 0.1) is 0 Å². The van der Waals surface area contributed by atoms with Gasteiger partial charge in [-0.15, -0.1) is 0 Å². The minimum atomic E-state index is -1.23. The Hall–Kier alpha value is -3.35. The monoisotopic (exact) mass is 599 g/mol. The van der Waals surface area contributed by atoms with E-state index in [0.29, 0.717) is 21.2 Å². The highest BCUT2D eigenvalue weighted by molar-refractivity contribution is 6.38. The Balaban J connectivity index is 1.72. The van der Waals surface area contributed by atoms with E-state index in [1.165, 1.54) is 29.2 Å². The third-order valence-electron chi connectivity index (χ3n) is 6.07. The van der Waals surface area contributed by atoms with Crippen molar-refractivity contribution in [2.24, 2.45) is 0 Å². The van der Waals surface area contributed by atoms with E-state index in [0.717, 1.165) is 5.56 Å². The summed E-state index contributed by atoms with van der Waals surface area (Å²) in [5.74, 6) is -2.11. The van der Waals surface area contributed by atoms with Crippen LogP contribution in [-0.4, -0.2) is 33.7 Å². The Morgan fingerprint density at radius 2 is 1.28 bits per heavy atom. The first-order valence-corrected chi connectivity index (χ1v) is 13.3. The third-order valence-corrected chi connectivity index (χ3v) is 7.17. The van der Waals surface area contributed by atoms with Crippen molar-refractivity contribution in [3.05, 3.63) is 139 Å². The molecule has 1 N–H and O–H groups in total. The van der Waals surface area contributed by atoms with Crippen molar-refractivity contribution in [3.8, 4) is 0 Å². The van der Waals surface area contributed by atoms with E-state index in [4.69, 9.17) is 46.4 Å². The Morgan fingerprint density at radius 1 is 0.692 bits per heavy atom. The number of carboxylic acids is 1. The summed E-state index contributed by atoms with van der Waals surface area (Å²) in [4.78, 5) is 40.7. The predicted octanol–water partition coefficient (Wildman–Crippen LogP) is 7.87. The molecule has 0 bridgehead atoms. The van der Waals surface area contributed by atoms with Crippen molar-refractivity contribution in [1.29, 1.82) is 0 Å². The number of aliphatic carboxylic acids is 1. The van der Waals surface area contributed by atoms with Gasteiger partial charge in [-0.25, -0.2) is 4.79 Å². The number of benzene rings is 4. The highest BCUT2D eigenvalue weighted by atomic mass is 35.5. The average molecular weight is 601 g/mol. The van der Waals surface area contributed by atoms with E-state index in [1.807, 2.05) is 6.07 Å². The molecule has 5 nitrogen and oxygen atoms in total. The van der Waals surface area contributed by atoms with Gasteiger partial charge in [-0.1, -0.05) is 94.9 Å². The molecule has 4 rings (SSSR count). The van der Waals surface area contributed by atoms with Gasteiger partial charge in [0, 0.05) is 34.1 Å². The summed E-state index contributed by atoms with van der Waals surface area (Å²) in [6.07, 6.45) is 0.0616. The fourth-order valence-electron chi connectivity index (χ4n) is 4.15. The molecule has 0 spiro atoms. The minimum absolute atomic E-state index is 0.0616. The molecule has 0 aliphatic rings. The summed E-state index contributed by atoms with van der Waals surface area (Å²) in [6.45, 7) is -0.100. The fourth-order valence-corrected chi connectivity index (χ4v) is 5.13. The van der Waals surface area contributed by atoms with Gasteiger partial charge in [0.15, 0.2) is 5.78 Å². The first kappa shape index (κ1) is 28.7. The topological polar surface area (TPSA) is 74.7 Å². The van der Waals surface area contributed by atoms with Crippen molar-refractivity contribution >= 4 is 64.1 Å². The third kappa shape index (κ3) is 7.00. The molecule has 0 aliphatic heterocycles. The number of halogens is 4. The molecular weight excluding hydrogens is 580 g/mol. The predicted molar refractivity (Wildman–Crippen MR) is 154 cm³/mol. The van der Waals surface area contributed by atoms with Crippen LogP contribution < -0.4 is 0 Å². The standard InChI is InChI=1S/C30H21Cl4NO4/c31-21-9-11-23(25(33)15-21)28(36)20-8-4-7-19(13-20)17-35(29(37)24-12-10-22(32)16-26(24)34)27(30(38)39)14-18-5-2-1-3-6-18/h1-13,15-16,27H,14,17H2,(H,38,39). The van der Waals surface area contributed by atoms with Crippen LogP contribution >= 0.6 is 46.4 Å². The first-order valence-electron chi connectivity index (χ1n) is 11.8. The lowest BCUT2D eigenvalue weighted by Gasteiger charge is -2.30. The van der Waals surface area contributed by atoms with Crippen molar-refractivity contribution < 1.29 is 19.5 Å². The molecule has 198 valence electrons. The smallest absolute Gasteiger partial charge is 0.326 e. The molecule has 0 aromatic heterocycles. The second-order valence-corrected chi connectivity index (χ2v) is 10.4. The number of carboxylic acid groups (broad SMARTS) is 1. The van der Waals surface area contributed by atoms with Crippen LogP contribution in [0.4, 0.5) is 0 Å². The lowest BCUT2D eigenvalue weighted by Crippen LogP contribution is -2.46. The van der Waals surface area contributed by atoms with Gasteiger partial charge in [-0.3, -0.25) is 9.59 Å². The van der Waals surface area contributed by atoms with Crippen molar-refractivity contribution in [2.75, 3.05) is 0 Å². The van der Waals surface area contributed by atoms with E-state index < -0.39 is 17.9 Å². The Kier molecular flexibility index (Phi) is 9.31. The molecule has 0 aliphatic carbocycles. The number of hydrogen-bond acceptors (Lipinski definition) is 3. The van der Waals surface area contributed by atoms with Crippen LogP contribution in [0.15, 0.2) is 91.0 Å². The maximum atomic E-state index is 13.8. The number of carbonyl (C=O) groups is 3. The number of carbonyl (C=O) groups excluding carboxylic acids is 2. The van der Waals surface area contributed by atoms with Gasteiger partial charge in [0.25, 0.3) is 5.91 Å². The zero-order valence-electron chi connectivity index (χ0n) is 20.3. The van der Waals surface area contributed by atoms with E-state index in [9.17, 15) is 19.5 Å². The second-order valence-electron chi connectivity index (χ2n) is 8.75. The molecule has 4 aromatic carbocycles. The summed E-state index contributed by atoms with van der Waals surface area (Å²) < 4.78 is 0. The maximum absolute atomic E-state index is 13.8. The molecule has 1 atom stereocenters. The first-order chi connectivity index (χ1) is 18.6. The summed E-state index contributed by atoms with van der Waals surface area (Å²) in [6, 6.07) is 23.4. The lowest BCUT2D eigenvalue weighted by molar-refractivity contribution is -0.142. The Morgan fingerprint density at radius 3 is 1.87 bits per heavy atom. The zero-order chi connectivity index (χ0) is 28.1. The number of hydrogen-bond donors (Lipinski definition) is 1. The number of rotatable bonds is 9. The van der Waals surface area contributed by atoms with Crippen LogP contribution in [0.25, 0.3) is 0 Å². The van der Waals surface area contributed by atoms with Crippen LogP contribution in [0.5, 0.6) is 0 Å². The SMILES string of the molecule is O=C(c1cccc(CN(C(=O)c2ccc(Cl)cc2Cl)C(Cc2ccccc2)C(=O)O)c1)c1ccc(Cl)cc1Cl. The summed E-state index contributed by atoms with van der Waals surface area (Å²) in [7, 11) is 0. The molecule has 0 saturated heterocycles. The molecule has 9 heteroatoms. The van der Waals surface area contributed by atoms with Gasteiger partial charge >= 0.3 is 5.97 Å². The van der Waals surface area contributed by atoms with Crippen LogP contribution in [-0.2, 0) is 17.8 Å². The normalized spacial score (nSPS) is 11.6. The van der Waals surface area contributed by atoms with Gasteiger partial charge in [0.05, 0.1) is 15.6 Å². The van der Waals surface area contributed by atoms with E-state index in [-0.39, 0.29) is 39.9 Å². The minimum Gasteiger partial charge on any atom is -0.480 e. The van der Waals surface area contributed by atoms with Gasteiger partial charge < -0.3 is 10.0 Å². The van der Waals surface area contributed by atoms with Gasteiger partial charge in [0.1, 0.15) is 6.04 Å². The van der Waals surface area contributed by atoms with Gasteiger partial charge in [-0.2, -0.15) is 0 Å². The number of nitrogens with zero attached hydrogens (tertiary/aromatic N) is 1. The van der Waals surface area contributed by atoms with Gasteiger partial charge in [0.2, 0.25) is 0 Å². The highest BCUT2D eigenvalue weighted by Crippen LogP contribution is 2.27. The van der Waals surface area contributed by atoms with Crippen molar-refractivity contribution in [2.45, 2.75) is 19.0 Å². The quantitative estimate of drug-likeness (QED) is 0.198. The Labute approximate surface area is 245 Å². The molecule has 39 heavy (non-hydrogen) atoms. The van der Waals surface area contributed by atoms with Crippen LogP contribution in [0.1, 0.15) is 37.4 Å². The number of ketones is 1. The lowest BCUT2D eigenvalue weighted by atomic mass is 9.99. The summed E-state index contributed by atoms with van der Waals surface area (Å²) >= 11 is 24.6.